The van der Waals surface area contributed by atoms with Crippen molar-refractivity contribution >= 4 is 16.7 Å². The number of benzene rings is 1. The fraction of sp³-hybridized carbons (Fsp3) is 0.267. The van der Waals surface area contributed by atoms with Gasteiger partial charge in [0.15, 0.2) is 0 Å². The van der Waals surface area contributed by atoms with Crippen LogP contribution in [0.4, 0.5) is 0 Å². The maximum atomic E-state index is 12.2. The van der Waals surface area contributed by atoms with Crippen LogP contribution in [-0.4, -0.2) is 22.9 Å². The van der Waals surface area contributed by atoms with E-state index in [1.807, 2.05) is 25.1 Å². The molecule has 1 heterocycles. The number of esters is 1. The predicted molar refractivity (Wildman–Crippen MR) is 76.4 cm³/mol. The fourth-order valence-corrected chi connectivity index (χ4v) is 1.96. The van der Waals surface area contributed by atoms with Gasteiger partial charge in [-0.05, 0) is 12.5 Å². The number of rotatable bonds is 4. The van der Waals surface area contributed by atoms with Gasteiger partial charge in [-0.3, -0.25) is 4.79 Å². The van der Waals surface area contributed by atoms with Gasteiger partial charge in [-0.25, -0.2) is 9.48 Å². The van der Waals surface area contributed by atoms with E-state index < -0.39 is 0 Å². The molecule has 0 saturated carbocycles. The molecule has 0 atom stereocenters. The molecule has 1 aromatic heterocycles. The third kappa shape index (κ3) is 2.77. The predicted octanol–water partition coefficient (Wildman–Crippen LogP) is 1.91. The molecule has 0 spiro atoms. The second-order valence-corrected chi connectivity index (χ2v) is 4.29. The van der Waals surface area contributed by atoms with Crippen molar-refractivity contribution in [3.05, 3.63) is 52.5 Å². The molecule has 0 saturated heterocycles. The molecule has 0 unspecified atom stereocenters. The summed E-state index contributed by atoms with van der Waals surface area (Å²) in [5.41, 5.74) is 0.369. The van der Waals surface area contributed by atoms with E-state index in [2.05, 4.69) is 9.84 Å². The Hall–Kier alpha value is -2.43. The van der Waals surface area contributed by atoms with Gasteiger partial charge in [-0.1, -0.05) is 31.2 Å². The van der Waals surface area contributed by atoms with Crippen molar-refractivity contribution in [1.82, 2.24) is 9.78 Å². The highest BCUT2D eigenvalue weighted by molar-refractivity contribution is 5.88. The van der Waals surface area contributed by atoms with Crippen molar-refractivity contribution in [2.75, 3.05) is 7.11 Å². The minimum atomic E-state index is -0.374. The molecule has 0 N–H and O–H groups in total. The van der Waals surface area contributed by atoms with E-state index in [9.17, 15) is 9.59 Å². The summed E-state index contributed by atoms with van der Waals surface area (Å²) in [6, 6.07) is 7.28. The number of nitrogens with zero attached hydrogens (tertiary/aromatic N) is 2. The Bertz CT molecular complexity index is 716. The number of ether oxygens (including phenoxy) is 1. The number of allylic oxidation sites excluding steroid dienone is 1. The lowest BCUT2D eigenvalue weighted by Crippen LogP contribution is -2.22. The van der Waals surface area contributed by atoms with Crippen LogP contribution in [0.5, 0.6) is 0 Å². The first-order valence-electron chi connectivity index (χ1n) is 6.39. The zero-order valence-corrected chi connectivity index (χ0v) is 11.5. The van der Waals surface area contributed by atoms with E-state index >= 15 is 0 Å². The molecule has 0 fully saturated rings. The highest BCUT2D eigenvalue weighted by Crippen LogP contribution is 2.07. The fourth-order valence-electron chi connectivity index (χ4n) is 1.96. The molecule has 0 aliphatic carbocycles. The van der Waals surface area contributed by atoms with Gasteiger partial charge in [0.1, 0.15) is 0 Å². The number of carbonyl (C=O) groups excluding carboxylic acids is 1. The Morgan fingerprint density at radius 3 is 2.85 bits per heavy atom. The van der Waals surface area contributed by atoms with Crippen molar-refractivity contribution in [1.29, 1.82) is 0 Å². The van der Waals surface area contributed by atoms with Crippen molar-refractivity contribution in [3.63, 3.8) is 0 Å². The third-order valence-electron chi connectivity index (χ3n) is 3.10. The summed E-state index contributed by atoms with van der Waals surface area (Å²) in [5.74, 6) is -0.374. The Balaban J connectivity index is 2.35. The molecule has 0 radical (unpaired) electrons. The van der Waals surface area contributed by atoms with Crippen LogP contribution in [0.25, 0.3) is 10.8 Å². The Labute approximate surface area is 116 Å². The van der Waals surface area contributed by atoms with Crippen LogP contribution in [0.15, 0.2) is 46.9 Å². The molecule has 5 heteroatoms. The molecule has 20 heavy (non-hydrogen) atoms. The van der Waals surface area contributed by atoms with Gasteiger partial charge in [0.25, 0.3) is 5.56 Å². The first-order valence-corrected chi connectivity index (χ1v) is 6.39. The normalized spacial score (nSPS) is 11.6. The standard InChI is InChI=1S/C15H16N2O3/c1-3-11(15(19)20-2)8-9-17-14(18)13-7-5-4-6-12(13)10-16-17/h4-8,10H,3,9H2,1-2H3. The quantitative estimate of drug-likeness (QED) is 0.630. The zero-order chi connectivity index (χ0) is 14.5. The maximum Gasteiger partial charge on any atom is 0.333 e. The number of fused-ring (bicyclic) bond motifs is 1. The van der Waals surface area contributed by atoms with Crippen molar-refractivity contribution in [3.8, 4) is 0 Å². The second-order valence-electron chi connectivity index (χ2n) is 4.29. The molecular weight excluding hydrogens is 256 g/mol. The molecule has 2 rings (SSSR count). The van der Waals surface area contributed by atoms with Crippen LogP contribution in [0.3, 0.4) is 0 Å². The molecule has 0 aliphatic heterocycles. The summed E-state index contributed by atoms with van der Waals surface area (Å²) < 4.78 is 6.01. The summed E-state index contributed by atoms with van der Waals surface area (Å²) in [5, 5.41) is 5.53. The molecule has 1 aromatic carbocycles. The van der Waals surface area contributed by atoms with Gasteiger partial charge >= 0.3 is 5.97 Å². The Kier molecular flexibility index (Phi) is 4.30. The molecule has 0 aliphatic rings. The van der Waals surface area contributed by atoms with Gasteiger partial charge in [-0.2, -0.15) is 5.10 Å². The molecule has 5 nitrogen and oxygen atoms in total. The minimum Gasteiger partial charge on any atom is -0.466 e. The van der Waals surface area contributed by atoms with Crippen molar-refractivity contribution in [2.45, 2.75) is 19.9 Å². The number of aromatic nitrogens is 2. The van der Waals surface area contributed by atoms with Crippen LogP contribution in [0.2, 0.25) is 0 Å². The highest BCUT2D eigenvalue weighted by Gasteiger charge is 2.07. The van der Waals surface area contributed by atoms with Gasteiger partial charge in [0.2, 0.25) is 0 Å². The minimum absolute atomic E-state index is 0.167. The first-order chi connectivity index (χ1) is 9.67. The van der Waals surface area contributed by atoms with Crippen LogP contribution in [0.1, 0.15) is 13.3 Å². The van der Waals surface area contributed by atoms with Crippen molar-refractivity contribution < 1.29 is 9.53 Å². The van der Waals surface area contributed by atoms with Crippen LogP contribution in [-0.2, 0) is 16.1 Å². The van der Waals surface area contributed by atoms with E-state index in [1.165, 1.54) is 11.8 Å². The zero-order valence-electron chi connectivity index (χ0n) is 11.5. The molecular formula is C15H16N2O3. The van der Waals surface area contributed by atoms with Gasteiger partial charge in [0.05, 0.1) is 25.2 Å². The van der Waals surface area contributed by atoms with Crippen LogP contribution >= 0.6 is 0 Å². The summed E-state index contributed by atoms with van der Waals surface area (Å²) in [6.07, 6.45) is 3.87. The summed E-state index contributed by atoms with van der Waals surface area (Å²) in [4.78, 5) is 23.7. The number of carbonyl (C=O) groups is 1. The largest absolute Gasteiger partial charge is 0.466 e. The van der Waals surface area contributed by atoms with Gasteiger partial charge < -0.3 is 4.74 Å². The van der Waals surface area contributed by atoms with Crippen molar-refractivity contribution in [2.24, 2.45) is 0 Å². The maximum absolute atomic E-state index is 12.2. The molecule has 0 amide bonds. The van der Waals surface area contributed by atoms with Crippen LogP contribution < -0.4 is 5.56 Å². The third-order valence-corrected chi connectivity index (χ3v) is 3.10. The lowest BCUT2D eigenvalue weighted by atomic mass is 10.2. The number of hydrogen-bond donors (Lipinski definition) is 0. The number of methoxy groups -OCH3 is 1. The molecule has 0 bridgehead atoms. The lowest BCUT2D eigenvalue weighted by molar-refractivity contribution is -0.136. The first kappa shape index (κ1) is 14.0. The summed E-state index contributed by atoms with van der Waals surface area (Å²) in [6.45, 7) is 2.11. The van der Waals surface area contributed by atoms with E-state index in [0.29, 0.717) is 17.4 Å². The Morgan fingerprint density at radius 1 is 1.40 bits per heavy atom. The van der Waals surface area contributed by atoms with E-state index in [4.69, 9.17) is 0 Å². The summed E-state index contributed by atoms with van der Waals surface area (Å²) in [7, 11) is 1.34. The second kappa shape index (κ2) is 6.14. The average molecular weight is 272 g/mol. The average Bonchev–Trinajstić information content (AvgIpc) is 2.49. The molecule has 2 aromatic rings. The monoisotopic (exact) mass is 272 g/mol. The van der Waals surface area contributed by atoms with Crippen LogP contribution in [0, 0.1) is 0 Å². The Morgan fingerprint density at radius 2 is 2.15 bits per heavy atom. The van der Waals surface area contributed by atoms with E-state index in [1.54, 1.807) is 18.3 Å². The van der Waals surface area contributed by atoms with E-state index in [-0.39, 0.29) is 18.1 Å². The van der Waals surface area contributed by atoms with Gasteiger partial charge in [0, 0.05) is 11.0 Å². The van der Waals surface area contributed by atoms with Gasteiger partial charge in [-0.15, -0.1) is 0 Å². The highest BCUT2D eigenvalue weighted by atomic mass is 16.5. The number of hydrogen-bond acceptors (Lipinski definition) is 4. The molecule has 104 valence electrons. The van der Waals surface area contributed by atoms with E-state index in [0.717, 1.165) is 5.39 Å². The smallest absolute Gasteiger partial charge is 0.333 e. The topological polar surface area (TPSA) is 61.2 Å². The summed E-state index contributed by atoms with van der Waals surface area (Å²) >= 11 is 0. The SMILES string of the molecule is CCC(=CCn1ncc2ccccc2c1=O)C(=O)OC. The lowest BCUT2D eigenvalue weighted by Gasteiger charge is -2.05.